The maximum Gasteiger partial charge on any atom is 0.257 e. The Balaban J connectivity index is 1.49. The van der Waals surface area contributed by atoms with Crippen LogP contribution in [-0.2, 0) is 11.2 Å². The van der Waals surface area contributed by atoms with Gasteiger partial charge in [-0.1, -0.05) is 54.2 Å². The highest BCUT2D eigenvalue weighted by atomic mass is 32.2. The molecule has 3 aromatic rings. The summed E-state index contributed by atoms with van der Waals surface area (Å²) in [6, 6.07) is 18.0. The van der Waals surface area contributed by atoms with Crippen molar-refractivity contribution in [1.82, 2.24) is 10.3 Å². The van der Waals surface area contributed by atoms with Gasteiger partial charge < -0.3 is 9.73 Å². The molecule has 4 nitrogen and oxygen atoms in total. The van der Waals surface area contributed by atoms with Crippen LogP contribution in [0.15, 0.2) is 64.2 Å². The highest BCUT2D eigenvalue weighted by Gasteiger charge is 2.19. The predicted octanol–water partition coefficient (Wildman–Crippen LogP) is 4.45. The molecule has 0 aliphatic heterocycles. The molecule has 1 aromatic heterocycles. The van der Waals surface area contributed by atoms with E-state index in [0.29, 0.717) is 5.22 Å². The average Bonchev–Trinajstić information content (AvgIpc) is 3.03. The summed E-state index contributed by atoms with van der Waals surface area (Å²) >= 11 is 1.34. The molecule has 25 heavy (non-hydrogen) atoms. The molecule has 0 saturated carbocycles. The number of nitrogens with zero attached hydrogens (tertiary/aromatic N) is 1. The highest BCUT2D eigenvalue weighted by Crippen LogP contribution is 2.26. The fourth-order valence-corrected chi connectivity index (χ4v) is 3.33. The minimum Gasteiger partial charge on any atom is -0.431 e. The fourth-order valence-electron chi connectivity index (χ4n) is 2.57. The van der Waals surface area contributed by atoms with Gasteiger partial charge in [0, 0.05) is 6.04 Å². The first kappa shape index (κ1) is 17.5. The molecule has 1 heterocycles. The summed E-state index contributed by atoms with van der Waals surface area (Å²) in [7, 11) is 0. The van der Waals surface area contributed by atoms with Crippen LogP contribution in [-0.4, -0.2) is 22.2 Å². The zero-order chi connectivity index (χ0) is 17.6. The van der Waals surface area contributed by atoms with Crippen LogP contribution < -0.4 is 5.32 Å². The summed E-state index contributed by atoms with van der Waals surface area (Å²) in [6.45, 7) is 3.91. The molecule has 0 fully saturated rings. The van der Waals surface area contributed by atoms with Gasteiger partial charge in [0.05, 0.1) is 5.25 Å². The van der Waals surface area contributed by atoms with Crippen molar-refractivity contribution in [1.29, 1.82) is 0 Å². The van der Waals surface area contributed by atoms with Gasteiger partial charge >= 0.3 is 0 Å². The van der Waals surface area contributed by atoms with E-state index in [1.54, 1.807) is 0 Å². The zero-order valence-electron chi connectivity index (χ0n) is 14.4. The van der Waals surface area contributed by atoms with Crippen molar-refractivity contribution < 1.29 is 9.21 Å². The summed E-state index contributed by atoms with van der Waals surface area (Å²) in [6.07, 6.45) is 1.87. The van der Waals surface area contributed by atoms with Crippen LogP contribution in [0.25, 0.3) is 11.1 Å². The lowest BCUT2D eigenvalue weighted by atomic mass is 10.1. The summed E-state index contributed by atoms with van der Waals surface area (Å²) in [5.41, 5.74) is 2.85. The lowest BCUT2D eigenvalue weighted by molar-refractivity contribution is -0.120. The number of fused-ring (bicyclic) bond motifs is 1. The van der Waals surface area contributed by atoms with Crippen LogP contribution in [0.1, 0.15) is 25.8 Å². The first-order valence-corrected chi connectivity index (χ1v) is 9.36. The summed E-state index contributed by atoms with van der Waals surface area (Å²) in [5, 5.41) is 3.35. The van der Waals surface area contributed by atoms with Crippen LogP contribution in [0.4, 0.5) is 0 Å². The molecule has 130 valence electrons. The number of oxazole rings is 1. The van der Waals surface area contributed by atoms with E-state index in [0.717, 1.165) is 23.9 Å². The van der Waals surface area contributed by atoms with Gasteiger partial charge in [0.1, 0.15) is 5.52 Å². The largest absolute Gasteiger partial charge is 0.431 e. The number of nitrogens with one attached hydrogen (secondary N) is 1. The van der Waals surface area contributed by atoms with E-state index in [4.69, 9.17) is 4.42 Å². The number of carbonyl (C=O) groups excluding carboxylic acids is 1. The van der Waals surface area contributed by atoms with Gasteiger partial charge in [0.25, 0.3) is 5.22 Å². The van der Waals surface area contributed by atoms with Gasteiger partial charge in [-0.25, -0.2) is 4.98 Å². The van der Waals surface area contributed by atoms with E-state index < -0.39 is 0 Å². The normalized spacial score (nSPS) is 13.5. The number of hydrogen-bond donors (Lipinski definition) is 1. The molecule has 0 aliphatic rings. The summed E-state index contributed by atoms with van der Waals surface area (Å²) in [5.74, 6) is 0.00724. The molecule has 5 heteroatoms. The lowest BCUT2D eigenvalue weighted by Crippen LogP contribution is -2.37. The highest BCUT2D eigenvalue weighted by molar-refractivity contribution is 8.00. The van der Waals surface area contributed by atoms with Crippen molar-refractivity contribution in [3.63, 3.8) is 0 Å². The molecule has 0 aliphatic carbocycles. The molecule has 2 aromatic carbocycles. The van der Waals surface area contributed by atoms with Crippen molar-refractivity contribution in [3.05, 3.63) is 60.2 Å². The second kappa shape index (κ2) is 8.21. The molecule has 0 spiro atoms. The van der Waals surface area contributed by atoms with E-state index in [2.05, 4.69) is 22.4 Å². The smallest absolute Gasteiger partial charge is 0.257 e. The van der Waals surface area contributed by atoms with Crippen LogP contribution in [0.5, 0.6) is 0 Å². The van der Waals surface area contributed by atoms with Gasteiger partial charge in [-0.05, 0) is 44.4 Å². The quantitative estimate of drug-likeness (QED) is 0.637. The Morgan fingerprint density at radius 3 is 2.60 bits per heavy atom. The van der Waals surface area contributed by atoms with Gasteiger partial charge in [0.2, 0.25) is 5.91 Å². The van der Waals surface area contributed by atoms with E-state index >= 15 is 0 Å². The average molecular weight is 354 g/mol. The molecule has 1 amide bonds. The Bertz CT molecular complexity index is 799. The molecule has 0 unspecified atom stereocenters. The lowest BCUT2D eigenvalue weighted by Gasteiger charge is -2.16. The van der Waals surface area contributed by atoms with Crippen LogP contribution in [0, 0.1) is 0 Å². The summed E-state index contributed by atoms with van der Waals surface area (Å²) < 4.78 is 5.67. The van der Waals surface area contributed by atoms with Crippen molar-refractivity contribution in [2.45, 2.75) is 43.2 Å². The van der Waals surface area contributed by atoms with Gasteiger partial charge in [-0.2, -0.15) is 0 Å². The molecule has 3 rings (SSSR count). The van der Waals surface area contributed by atoms with Crippen molar-refractivity contribution in [2.24, 2.45) is 0 Å². The van der Waals surface area contributed by atoms with E-state index in [1.165, 1.54) is 17.3 Å². The van der Waals surface area contributed by atoms with Crippen molar-refractivity contribution >= 4 is 28.8 Å². The Kier molecular flexibility index (Phi) is 5.76. The first-order chi connectivity index (χ1) is 12.1. The molecule has 0 radical (unpaired) electrons. The minimum absolute atomic E-state index is 0.00724. The first-order valence-electron chi connectivity index (χ1n) is 8.48. The third-order valence-corrected chi connectivity index (χ3v) is 4.96. The number of aromatic nitrogens is 1. The fraction of sp³-hybridized carbons (Fsp3) is 0.300. The maximum atomic E-state index is 12.4. The second-order valence-electron chi connectivity index (χ2n) is 6.14. The molecule has 1 N–H and O–H groups in total. The third-order valence-electron chi connectivity index (χ3n) is 4.02. The second-order valence-corrected chi connectivity index (χ2v) is 7.43. The monoisotopic (exact) mass is 354 g/mol. The van der Waals surface area contributed by atoms with Crippen LogP contribution in [0.3, 0.4) is 0 Å². The Labute approximate surface area is 152 Å². The van der Waals surface area contributed by atoms with Gasteiger partial charge in [-0.15, -0.1) is 0 Å². The molecule has 0 bridgehead atoms. The van der Waals surface area contributed by atoms with E-state index in [9.17, 15) is 4.79 Å². The number of benzene rings is 2. The predicted molar refractivity (Wildman–Crippen MR) is 102 cm³/mol. The van der Waals surface area contributed by atoms with Gasteiger partial charge in [-0.3, -0.25) is 4.79 Å². The standard InChI is InChI=1S/C20H22N2O2S/c1-14(12-13-16-8-4-3-5-9-16)21-19(23)15(2)25-20-22-17-10-6-7-11-18(17)24-20/h3-11,14-15H,12-13H2,1-2H3,(H,21,23)/t14-,15-/m1/s1. The number of hydrogen-bond acceptors (Lipinski definition) is 4. The molecule has 2 atom stereocenters. The Morgan fingerprint density at radius 1 is 1.12 bits per heavy atom. The van der Waals surface area contributed by atoms with Crippen LogP contribution in [0.2, 0.25) is 0 Å². The zero-order valence-corrected chi connectivity index (χ0v) is 15.3. The number of carbonyl (C=O) groups is 1. The number of rotatable bonds is 7. The topological polar surface area (TPSA) is 55.1 Å². The third kappa shape index (κ3) is 4.86. The van der Waals surface area contributed by atoms with E-state index in [-0.39, 0.29) is 17.2 Å². The molecule has 0 saturated heterocycles. The summed E-state index contributed by atoms with van der Waals surface area (Å²) in [4.78, 5) is 16.8. The Morgan fingerprint density at radius 2 is 1.84 bits per heavy atom. The molecular weight excluding hydrogens is 332 g/mol. The maximum absolute atomic E-state index is 12.4. The van der Waals surface area contributed by atoms with Crippen molar-refractivity contribution in [3.8, 4) is 0 Å². The van der Waals surface area contributed by atoms with Gasteiger partial charge in [0.15, 0.2) is 5.58 Å². The number of para-hydroxylation sites is 2. The number of aryl methyl sites for hydroxylation is 1. The Hall–Kier alpha value is -2.27. The SMILES string of the molecule is C[C@H](CCc1ccccc1)NC(=O)[C@@H](C)Sc1nc2ccccc2o1. The molecular formula is C20H22N2O2S. The number of thioether (sulfide) groups is 1. The van der Waals surface area contributed by atoms with Crippen LogP contribution >= 0.6 is 11.8 Å². The van der Waals surface area contributed by atoms with Crippen molar-refractivity contribution in [2.75, 3.05) is 0 Å². The van der Waals surface area contributed by atoms with E-state index in [1.807, 2.05) is 56.3 Å². The number of amides is 1. The minimum atomic E-state index is -0.257.